The zero-order chi connectivity index (χ0) is 24.7. The fraction of sp³-hybridized carbons (Fsp3) is 0.238. The molecule has 0 atom stereocenters. The molecule has 0 fully saturated rings. The zero-order valence-electron chi connectivity index (χ0n) is 17.3. The van der Waals surface area contributed by atoms with Gasteiger partial charge in [0.25, 0.3) is 5.91 Å². The Kier molecular flexibility index (Phi) is 6.39. The first-order chi connectivity index (χ1) is 15.3. The third kappa shape index (κ3) is 4.64. The molecule has 1 amide bonds. The highest BCUT2D eigenvalue weighted by molar-refractivity contribution is 6.04. The molecule has 0 radical (unpaired) electrons. The van der Waals surface area contributed by atoms with Crippen LogP contribution >= 0.6 is 0 Å². The normalized spacial score (nSPS) is 11.6. The Hall–Kier alpha value is -3.57. The smallest absolute Gasteiger partial charge is 0.422 e. The van der Waals surface area contributed by atoms with Crippen molar-refractivity contribution in [1.82, 2.24) is 5.16 Å². The number of hydrogen-bond acceptors (Lipinski definition) is 4. The summed E-state index contributed by atoms with van der Waals surface area (Å²) in [7, 11) is 0. The lowest BCUT2D eigenvalue weighted by molar-refractivity contribution is -0.143. The second-order valence-corrected chi connectivity index (χ2v) is 7.08. The van der Waals surface area contributed by atoms with Gasteiger partial charge in [-0.15, -0.1) is 0 Å². The maximum Gasteiger partial charge on any atom is 0.422 e. The summed E-state index contributed by atoms with van der Waals surface area (Å²) < 4.78 is 104. The van der Waals surface area contributed by atoms with Crippen LogP contribution in [0.1, 0.15) is 38.5 Å². The predicted octanol–water partition coefficient (Wildman–Crippen LogP) is 6.01. The minimum absolute atomic E-state index is 0.0427. The summed E-state index contributed by atoms with van der Waals surface area (Å²) in [6.45, 7) is 4.77. The van der Waals surface area contributed by atoms with Crippen molar-refractivity contribution in [3.63, 3.8) is 0 Å². The van der Waals surface area contributed by atoms with Crippen molar-refractivity contribution in [2.24, 2.45) is 0 Å². The number of carbonyl (C=O) groups is 1. The van der Waals surface area contributed by atoms with E-state index in [0.717, 1.165) is 11.1 Å². The van der Waals surface area contributed by atoms with Gasteiger partial charge < -0.3 is 14.6 Å². The van der Waals surface area contributed by atoms with Gasteiger partial charge in [-0.2, -0.15) is 13.2 Å². The molecule has 0 aliphatic carbocycles. The Balaban J connectivity index is 1.91. The minimum Gasteiger partial charge on any atom is -0.488 e. The number of nitrogens with one attached hydrogen (secondary N) is 1. The van der Waals surface area contributed by atoms with E-state index in [1.807, 2.05) is 13.0 Å². The number of alkyl halides is 3. The van der Waals surface area contributed by atoms with E-state index in [1.54, 1.807) is 19.1 Å². The van der Waals surface area contributed by atoms with Gasteiger partial charge in [0.05, 0.1) is 5.56 Å². The molecule has 0 spiro atoms. The zero-order valence-corrected chi connectivity index (χ0v) is 17.3. The summed E-state index contributed by atoms with van der Waals surface area (Å²) in [5.41, 5.74) is -3.26. The van der Waals surface area contributed by atoms with Crippen LogP contribution in [0.5, 0.6) is 5.75 Å². The van der Waals surface area contributed by atoms with E-state index >= 15 is 0 Å². The highest BCUT2D eigenvalue weighted by Crippen LogP contribution is 2.38. The number of nitrogens with zero attached hydrogens (tertiary/aromatic N) is 1. The van der Waals surface area contributed by atoms with Crippen LogP contribution in [-0.4, -0.2) is 11.1 Å². The van der Waals surface area contributed by atoms with E-state index in [-0.39, 0.29) is 17.9 Å². The van der Waals surface area contributed by atoms with Crippen LogP contribution in [0.15, 0.2) is 22.7 Å². The molecule has 2 aromatic carbocycles. The number of carbonyl (C=O) groups excluding carboxylic acids is 1. The van der Waals surface area contributed by atoms with Crippen molar-refractivity contribution in [2.45, 2.75) is 33.6 Å². The van der Waals surface area contributed by atoms with Gasteiger partial charge in [-0.1, -0.05) is 22.9 Å². The molecular weight excluding hydrogens is 461 g/mol. The third-order valence-electron chi connectivity index (χ3n) is 4.69. The molecule has 1 N–H and O–H groups in total. The molecule has 0 aliphatic rings. The number of amides is 1. The van der Waals surface area contributed by atoms with Gasteiger partial charge in [-0.3, -0.25) is 4.79 Å². The van der Waals surface area contributed by atoms with Gasteiger partial charge in [-0.05, 0) is 32.4 Å². The average molecular weight is 476 g/mol. The van der Waals surface area contributed by atoms with Crippen LogP contribution in [-0.2, 0) is 12.8 Å². The molecular formula is C21H15F7N2O3. The molecule has 0 saturated heterocycles. The maximum absolute atomic E-state index is 14.1. The van der Waals surface area contributed by atoms with Gasteiger partial charge in [0.15, 0.2) is 29.0 Å². The third-order valence-corrected chi connectivity index (χ3v) is 4.69. The summed E-state index contributed by atoms with van der Waals surface area (Å²) in [4.78, 5) is 12.5. The summed E-state index contributed by atoms with van der Waals surface area (Å²) in [6.07, 6.45) is -5.71. The molecule has 3 rings (SSSR count). The van der Waals surface area contributed by atoms with Crippen LogP contribution in [0.2, 0.25) is 0 Å². The molecule has 33 heavy (non-hydrogen) atoms. The number of hydrogen-bond donors (Lipinski definition) is 1. The van der Waals surface area contributed by atoms with Gasteiger partial charge >= 0.3 is 6.18 Å². The number of halogens is 7. The van der Waals surface area contributed by atoms with Gasteiger partial charge in [-0.25, -0.2) is 17.6 Å². The van der Waals surface area contributed by atoms with Crippen molar-refractivity contribution in [1.29, 1.82) is 0 Å². The SMILES string of the molecule is Cc1ccc(OCc2c(C(=O)Nc3c(F)c(F)c(C(F)(F)F)c(F)c3F)noc2C)c(C)c1. The predicted molar refractivity (Wildman–Crippen MR) is 101 cm³/mol. The summed E-state index contributed by atoms with van der Waals surface area (Å²) in [6, 6.07) is 5.28. The van der Waals surface area contributed by atoms with Crippen LogP contribution < -0.4 is 10.1 Å². The second kappa shape index (κ2) is 8.75. The molecule has 0 aliphatic heterocycles. The largest absolute Gasteiger partial charge is 0.488 e. The lowest BCUT2D eigenvalue weighted by Crippen LogP contribution is -2.21. The maximum atomic E-state index is 14.1. The van der Waals surface area contributed by atoms with Crippen molar-refractivity contribution in [2.75, 3.05) is 5.32 Å². The Morgan fingerprint density at radius 1 is 1.03 bits per heavy atom. The Bertz CT molecular complexity index is 1210. The second-order valence-electron chi connectivity index (χ2n) is 7.08. The molecule has 176 valence electrons. The first-order valence-electron chi connectivity index (χ1n) is 9.22. The summed E-state index contributed by atoms with van der Waals surface area (Å²) in [5, 5.41) is 4.95. The van der Waals surface area contributed by atoms with Gasteiger partial charge in [0.1, 0.15) is 29.4 Å². The molecule has 1 heterocycles. The molecule has 1 aromatic heterocycles. The highest BCUT2D eigenvalue weighted by Gasteiger charge is 2.42. The van der Waals surface area contributed by atoms with Crippen LogP contribution in [0, 0.1) is 44.0 Å². The quantitative estimate of drug-likeness (QED) is 0.362. The number of ether oxygens (including phenoxy) is 1. The first-order valence-corrected chi connectivity index (χ1v) is 9.22. The molecule has 0 bridgehead atoms. The van der Waals surface area contributed by atoms with E-state index in [4.69, 9.17) is 9.26 Å². The van der Waals surface area contributed by atoms with E-state index in [1.165, 1.54) is 12.2 Å². The van der Waals surface area contributed by atoms with E-state index in [0.29, 0.717) is 5.75 Å². The lowest BCUT2D eigenvalue weighted by atomic mass is 10.1. The number of aryl methyl sites for hydroxylation is 3. The van der Waals surface area contributed by atoms with Crippen LogP contribution in [0.25, 0.3) is 0 Å². The first kappa shape index (κ1) is 24.1. The fourth-order valence-electron chi connectivity index (χ4n) is 3.01. The van der Waals surface area contributed by atoms with E-state index in [2.05, 4.69) is 5.16 Å². The van der Waals surface area contributed by atoms with Gasteiger partial charge in [0, 0.05) is 0 Å². The minimum atomic E-state index is -5.71. The molecule has 3 aromatic rings. The van der Waals surface area contributed by atoms with Crippen molar-refractivity contribution in [3.8, 4) is 5.75 Å². The van der Waals surface area contributed by atoms with Crippen molar-refractivity contribution < 1.29 is 44.8 Å². The Morgan fingerprint density at radius 2 is 1.64 bits per heavy atom. The van der Waals surface area contributed by atoms with Crippen molar-refractivity contribution in [3.05, 3.63) is 75.2 Å². The highest BCUT2D eigenvalue weighted by atomic mass is 19.4. The summed E-state index contributed by atoms with van der Waals surface area (Å²) >= 11 is 0. The number of benzene rings is 2. The number of aromatic nitrogens is 1. The fourth-order valence-corrected chi connectivity index (χ4v) is 3.01. The molecule has 0 saturated carbocycles. The van der Waals surface area contributed by atoms with E-state index < -0.39 is 52.3 Å². The topological polar surface area (TPSA) is 64.4 Å². The molecule has 5 nitrogen and oxygen atoms in total. The van der Waals surface area contributed by atoms with Gasteiger partial charge in [0.2, 0.25) is 0 Å². The lowest BCUT2D eigenvalue weighted by Gasteiger charge is -2.14. The number of anilines is 1. The van der Waals surface area contributed by atoms with E-state index in [9.17, 15) is 35.5 Å². The Labute approximate surface area is 182 Å². The molecule has 12 heteroatoms. The Morgan fingerprint density at radius 3 is 2.18 bits per heavy atom. The van der Waals surface area contributed by atoms with Crippen LogP contribution in [0.3, 0.4) is 0 Å². The standard InChI is InChI=1S/C21H15F7N2O3/c1-8-4-5-12(9(2)6-8)32-7-11-10(3)33-30-18(11)20(31)29-19-16(24)14(22)13(21(26,27)28)15(23)17(19)25/h4-6H,7H2,1-3H3,(H,29,31). The average Bonchev–Trinajstić information content (AvgIpc) is 3.08. The number of rotatable bonds is 5. The monoisotopic (exact) mass is 476 g/mol. The summed E-state index contributed by atoms with van der Waals surface area (Å²) in [5.74, 6) is -11.1. The van der Waals surface area contributed by atoms with Crippen LogP contribution in [0.4, 0.5) is 36.4 Å². The molecule has 0 unspecified atom stereocenters. The van der Waals surface area contributed by atoms with Crippen molar-refractivity contribution >= 4 is 11.6 Å².